The maximum atomic E-state index is 11.4. The van der Waals surface area contributed by atoms with Gasteiger partial charge in [0, 0.05) is 13.2 Å². The number of ether oxygens (including phenoxy) is 2. The first-order chi connectivity index (χ1) is 6.17. The zero-order chi connectivity index (χ0) is 9.90. The summed E-state index contributed by atoms with van der Waals surface area (Å²) < 4.78 is 10.9. The Morgan fingerprint density at radius 1 is 1.31 bits per heavy atom. The highest BCUT2D eigenvalue weighted by Gasteiger charge is 2.55. The molecule has 0 spiro atoms. The summed E-state index contributed by atoms with van der Waals surface area (Å²) in [5.74, 6) is 0.194. The van der Waals surface area contributed by atoms with Crippen LogP contribution in [0.15, 0.2) is 0 Å². The van der Waals surface area contributed by atoms with Crippen LogP contribution in [-0.4, -0.2) is 25.3 Å². The monoisotopic (exact) mass is 186 g/mol. The van der Waals surface area contributed by atoms with Crippen LogP contribution in [0.1, 0.15) is 33.6 Å². The predicted octanol–water partition coefficient (Wildman–Crippen LogP) is 1.75. The summed E-state index contributed by atoms with van der Waals surface area (Å²) >= 11 is 0. The van der Waals surface area contributed by atoms with Crippen molar-refractivity contribution in [3.8, 4) is 0 Å². The van der Waals surface area contributed by atoms with E-state index >= 15 is 0 Å². The molecule has 1 aliphatic carbocycles. The Labute approximate surface area is 79.4 Å². The van der Waals surface area contributed by atoms with Crippen LogP contribution in [-0.2, 0) is 14.3 Å². The van der Waals surface area contributed by atoms with Gasteiger partial charge in [-0.2, -0.15) is 0 Å². The maximum Gasteiger partial charge on any atom is 0.169 e. The predicted molar refractivity (Wildman–Crippen MR) is 49.4 cm³/mol. The molecule has 0 radical (unpaired) electrons. The van der Waals surface area contributed by atoms with E-state index in [0.717, 1.165) is 12.8 Å². The minimum absolute atomic E-state index is 0.194. The molecular weight excluding hydrogens is 168 g/mol. The van der Waals surface area contributed by atoms with Gasteiger partial charge in [-0.05, 0) is 33.6 Å². The quantitative estimate of drug-likeness (QED) is 0.593. The second kappa shape index (κ2) is 4.20. The van der Waals surface area contributed by atoms with E-state index in [1.165, 1.54) is 0 Å². The summed E-state index contributed by atoms with van der Waals surface area (Å²) in [7, 11) is 0. The molecule has 0 aliphatic heterocycles. The molecule has 0 bridgehead atoms. The van der Waals surface area contributed by atoms with Gasteiger partial charge in [0.1, 0.15) is 5.78 Å². The molecule has 0 aromatic carbocycles. The SMILES string of the molecule is CCOC(OCC)C1(C(C)=O)CC1. The Kier molecular flexibility index (Phi) is 3.45. The lowest BCUT2D eigenvalue weighted by molar-refractivity contribution is -0.180. The van der Waals surface area contributed by atoms with Crippen LogP contribution in [0.2, 0.25) is 0 Å². The minimum Gasteiger partial charge on any atom is -0.352 e. The lowest BCUT2D eigenvalue weighted by atomic mass is 10.0. The molecule has 1 rings (SSSR count). The fraction of sp³-hybridized carbons (Fsp3) is 0.900. The first-order valence-electron chi connectivity index (χ1n) is 4.91. The van der Waals surface area contributed by atoms with Crippen LogP contribution in [0.5, 0.6) is 0 Å². The van der Waals surface area contributed by atoms with Crippen molar-refractivity contribution < 1.29 is 14.3 Å². The van der Waals surface area contributed by atoms with Gasteiger partial charge in [0.2, 0.25) is 0 Å². The van der Waals surface area contributed by atoms with Crippen molar-refractivity contribution >= 4 is 5.78 Å². The molecule has 0 N–H and O–H groups in total. The van der Waals surface area contributed by atoms with Crippen LogP contribution in [0.4, 0.5) is 0 Å². The van der Waals surface area contributed by atoms with E-state index in [2.05, 4.69) is 0 Å². The lowest BCUT2D eigenvalue weighted by Gasteiger charge is -2.24. The molecular formula is C10H18O3. The van der Waals surface area contributed by atoms with E-state index in [9.17, 15) is 4.79 Å². The number of carbonyl (C=O) groups is 1. The highest BCUT2D eigenvalue weighted by atomic mass is 16.7. The molecule has 0 aromatic heterocycles. The molecule has 76 valence electrons. The zero-order valence-corrected chi connectivity index (χ0v) is 8.63. The average Bonchev–Trinajstić information content (AvgIpc) is 2.84. The topological polar surface area (TPSA) is 35.5 Å². The normalized spacial score (nSPS) is 19.1. The minimum atomic E-state index is -0.319. The Balaban J connectivity index is 2.58. The Bertz CT molecular complexity index is 179. The number of Topliss-reactive ketones (excluding diaryl/α,β-unsaturated/α-hetero) is 1. The van der Waals surface area contributed by atoms with E-state index in [-0.39, 0.29) is 17.5 Å². The van der Waals surface area contributed by atoms with Gasteiger partial charge in [-0.15, -0.1) is 0 Å². The summed E-state index contributed by atoms with van der Waals surface area (Å²) in [6, 6.07) is 0. The third-order valence-electron chi connectivity index (χ3n) is 2.58. The molecule has 3 heteroatoms. The van der Waals surface area contributed by atoms with Crippen LogP contribution < -0.4 is 0 Å². The summed E-state index contributed by atoms with van der Waals surface area (Å²) in [6.45, 7) is 6.65. The Hall–Kier alpha value is -0.410. The van der Waals surface area contributed by atoms with Gasteiger partial charge in [-0.3, -0.25) is 4.79 Å². The number of ketones is 1. The van der Waals surface area contributed by atoms with E-state index in [1.807, 2.05) is 13.8 Å². The van der Waals surface area contributed by atoms with Gasteiger partial charge in [0.05, 0.1) is 5.41 Å². The van der Waals surface area contributed by atoms with Gasteiger partial charge in [-0.25, -0.2) is 0 Å². The van der Waals surface area contributed by atoms with E-state index in [1.54, 1.807) is 6.92 Å². The first-order valence-corrected chi connectivity index (χ1v) is 4.91. The summed E-state index contributed by atoms with van der Waals surface area (Å²) in [6.07, 6.45) is 1.50. The molecule has 0 aromatic rings. The van der Waals surface area contributed by atoms with Crippen molar-refractivity contribution in [3.05, 3.63) is 0 Å². The largest absolute Gasteiger partial charge is 0.352 e. The standard InChI is InChI=1S/C10H18O3/c1-4-12-9(13-5-2)10(6-7-10)8(3)11/h9H,4-7H2,1-3H3. The molecule has 13 heavy (non-hydrogen) atoms. The van der Waals surface area contributed by atoms with E-state index in [4.69, 9.17) is 9.47 Å². The Morgan fingerprint density at radius 3 is 2.00 bits per heavy atom. The molecule has 0 saturated heterocycles. The lowest BCUT2D eigenvalue weighted by Crippen LogP contribution is -2.33. The van der Waals surface area contributed by atoms with Gasteiger partial charge >= 0.3 is 0 Å². The van der Waals surface area contributed by atoms with E-state index in [0.29, 0.717) is 13.2 Å². The highest BCUT2D eigenvalue weighted by Crippen LogP contribution is 2.51. The molecule has 1 aliphatic rings. The molecule has 0 heterocycles. The van der Waals surface area contributed by atoms with Crippen molar-refractivity contribution in [1.82, 2.24) is 0 Å². The third kappa shape index (κ3) is 2.09. The van der Waals surface area contributed by atoms with Crippen LogP contribution in [0.3, 0.4) is 0 Å². The van der Waals surface area contributed by atoms with Crippen molar-refractivity contribution in [2.24, 2.45) is 5.41 Å². The van der Waals surface area contributed by atoms with Crippen molar-refractivity contribution in [3.63, 3.8) is 0 Å². The maximum absolute atomic E-state index is 11.4. The molecule has 3 nitrogen and oxygen atoms in total. The van der Waals surface area contributed by atoms with Gasteiger partial charge < -0.3 is 9.47 Å². The molecule has 1 fully saturated rings. The van der Waals surface area contributed by atoms with Crippen molar-refractivity contribution in [1.29, 1.82) is 0 Å². The highest BCUT2D eigenvalue weighted by molar-refractivity contribution is 5.85. The molecule has 0 unspecified atom stereocenters. The van der Waals surface area contributed by atoms with Gasteiger partial charge in [0.15, 0.2) is 6.29 Å². The fourth-order valence-corrected chi connectivity index (χ4v) is 1.56. The van der Waals surface area contributed by atoms with Crippen molar-refractivity contribution in [2.45, 2.75) is 39.9 Å². The first kappa shape index (κ1) is 10.7. The second-order valence-electron chi connectivity index (χ2n) is 3.45. The smallest absolute Gasteiger partial charge is 0.169 e. The van der Waals surface area contributed by atoms with Gasteiger partial charge in [-0.1, -0.05) is 0 Å². The second-order valence-corrected chi connectivity index (χ2v) is 3.45. The number of hydrogen-bond acceptors (Lipinski definition) is 3. The fourth-order valence-electron chi connectivity index (χ4n) is 1.56. The third-order valence-corrected chi connectivity index (χ3v) is 2.58. The molecule has 1 saturated carbocycles. The van der Waals surface area contributed by atoms with Crippen LogP contribution >= 0.6 is 0 Å². The Morgan fingerprint density at radius 2 is 1.77 bits per heavy atom. The zero-order valence-electron chi connectivity index (χ0n) is 8.63. The number of rotatable bonds is 6. The summed E-state index contributed by atoms with van der Waals surface area (Å²) in [5, 5.41) is 0. The molecule has 0 amide bonds. The van der Waals surface area contributed by atoms with Crippen LogP contribution in [0, 0.1) is 5.41 Å². The van der Waals surface area contributed by atoms with Gasteiger partial charge in [0.25, 0.3) is 0 Å². The summed E-state index contributed by atoms with van der Waals surface area (Å²) in [5.41, 5.74) is -0.313. The molecule has 0 atom stereocenters. The van der Waals surface area contributed by atoms with Crippen LogP contribution in [0.25, 0.3) is 0 Å². The number of carbonyl (C=O) groups excluding carboxylic acids is 1. The van der Waals surface area contributed by atoms with Crippen molar-refractivity contribution in [2.75, 3.05) is 13.2 Å². The number of hydrogen-bond donors (Lipinski definition) is 0. The van der Waals surface area contributed by atoms with E-state index < -0.39 is 0 Å². The average molecular weight is 186 g/mol. The summed E-state index contributed by atoms with van der Waals surface area (Å²) in [4.78, 5) is 11.4.